The molecule has 3 unspecified atom stereocenters. The van der Waals surface area contributed by atoms with E-state index in [1.165, 1.54) is 11.1 Å². The summed E-state index contributed by atoms with van der Waals surface area (Å²) in [5.41, 5.74) is 3.43. The normalized spacial score (nSPS) is 22.6. The van der Waals surface area contributed by atoms with E-state index in [1.54, 1.807) is 0 Å². The molecule has 0 heterocycles. The van der Waals surface area contributed by atoms with Gasteiger partial charge in [0.25, 0.3) is 0 Å². The second-order valence-electron chi connectivity index (χ2n) is 9.01. The third-order valence-electron chi connectivity index (χ3n) is 6.65. The number of allylic oxidation sites excluding steroid dienone is 1. The molecular weight excluding hydrogens is 384 g/mol. The van der Waals surface area contributed by atoms with Crippen LogP contribution in [0.5, 0.6) is 11.5 Å². The summed E-state index contributed by atoms with van der Waals surface area (Å²) in [7, 11) is 0. The van der Waals surface area contributed by atoms with Crippen molar-refractivity contribution in [2.24, 2.45) is 17.3 Å². The van der Waals surface area contributed by atoms with Crippen LogP contribution in [0.25, 0.3) is 6.08 Å². The summed E-state index contributed by atoms with van der Waals surface area (Å²) < 4.78 is 11.6. The van der Waals surface area contributed by atoms with E-state index in [0.717, 1.165) is 17.1 Å². The fourth-order valence-corrected chi connectivity index (χ4v) is 4.96. The summed E-state index contributed by atoms with van der Waals surface area (Å²) in [6.07, 6.45) is 4.42. The number of para-hydroxylation sites is 1. The maximum absolute atomic E-state index is 13.0. The van der Waals surface area contributed by atoms with E-state index < -0.39 is 0 Å². The highest BCUT2D eigenvalue weighted by atomic mass is 16.5. The van der Waals surface area contributed by atoms with E-state index in [9.17, 15) is 4.79 Å². The molecule has 0 aliphatic heterocycles. The number of benzene rings is 3. The molecule has 0 saturated heterocycles. The zero-order valence-electron chi connectivity index (χ0n) is 17.8. The minimum absolute atomic E-state index is 0.0676. The van der Waals surface area contributed by atoms with Gasteiger partial charge in [-0.2, -0.15) is 0 Å². The van der Waals surface area contributed by atoms with Gasteiger partial charge in [0.05, 0.1) is 5.92 Å². The molecule has 0 spiro atoms. The van der Waals surface area contributed by atoms with Crippen molar-refractivity contribution in [1.29, 1.82) is 0 Å². The SMILES string of the molecule is CC1(C)C(C(=O)OCc2cccc(Oc3ccccc3)c2)C1C1C=Cc2ccccc21. The van der Waals surface area contributed by atoms with Gasteiger partial charge < -0.3 is 9.47 Å². The lowest BCUT2D eigenvalue weighted by atomic mass is 9.92. The number of hydrogen-bond donors (Lipinski definition) is 0. The second kappa shape index (κ2) is 7.73. The third kappa shape index (κ3) is 3.76. The van der Waals surface area contributed by atoms with Gasteiger partial charge in [-0.3, -0.25) is 4.79 Å². The molecule has 0 radical (unpaired) electrons. The molecule has 3 atom stereocenters. The van der Waals surface area contributed by atoms with Crippen LogP contribution in [0.2, 0.25) is 0 Å². The summed E-state index contributed by atoms with van der Waals surface area (Å²) >= 11 is 0. The van der Waals surface area contributed by atoms with Crippen LogP contribution < -0.4 is 4.74 Å². The van der Waals surface area contributed by atoms with E-state index in [2.05, 4.69) is 50.3 Å². The lowest BCUT2D eigenvalue weighted by Gasteiger charge is -2.12. The Labute approximate surface area is 183 Å². The van der Waals surface area contributed by atoms with E-state index >= 15 is 0 Å². The first-order chi connectivity index (χ1) is 15.0. The predicted molar refractivity (Wildman–Crippen MR) is 122 cm³/mol. The summed E-state index contributed by atoms with van der Waals surface area (Å²) in [6.45, 7) is 4.60. The van der Waals surface area contributed by atoms with Crippen molar-refractivity contribution in [3.05, 3.63) is 102 Å². The first-order valence-electron chi connectivity index (χ1n) is 10.8. The smallest absolute Gasteiger partial charge is 0.310 e. The maximum Gasteiger partial charge on any atom is 0.310 e. The van der Waals surface area contributed by atoms with Gasteiger partial charge in [-0.05, 0) is 52.3 Å². The minimum atomic E-state index is -0.109. The Morgan fingerprint density at radius 2 is 1.65 bits per heavy atom. The molecule has 5 rings (SSSR count). The quantitative estimate of drug-likeness (QED) is 0.429. The second-order valence-corrected chi connectivity index (χ2v) is 9.01. The molecule has 3 heteroatoms. The van der Waals surface area contributed by atoms with Crippen molar-refractivity contribution < 1.29 is 14.3 Å². The van der Waals surface area contributed by atoms with Crippen molar-refractivity contribution in [1.82, 2.24) is 0 Å². The summed E-state index contributed by atoms with van der Waals surface area (Å²) in [6, 6.07) is 25.8. The molecule has 0 N–H and O–H groups in total. The number of hydrogen-bond acceptors (Lipinski definition) is 3. The Morgan fingerprint density at radius 3 is 2.48 bits per heavy atom. The summed E-state index contributed by atoms with van der Waals surface area (Å²) in [4.78, 5) is 13.0. The molecule has 2 aliphatic rings. The lowest BCUT2D eigenvalue weighted by molar-refractivity contribution is -0.147. The molecule has 1 fully saturated rings. The van der Waals surface area contributed by atoms with Crippen LogP contribution in [0.15, 0.2) is 84.9 Å². The third-order valence-corrected chi connectivity index (χ3v) is 6.65. The fraction of sp³-hybridized carbons (Fsp3) is 0.250. The minimum Gasteiger partial charge on any atom is -0.461 e. The monoisotopic (exact) mass is 410 g/mol. The maximum atomic E-state index is 13.0. The predicted octanol–water partition coefficient (Wildman–Crippen LogP) is 6.60. The lowest BCUT2D eigenvalue weighted by Crippen LogP contribution is -2.11. The van der Waals surface area contributed by atoms with Crippen LogP contribution in [0, 0.1) is 17.3 Å². The molecule has 0 amide bonds. The molecule has 1 saturated carbocycles. The van der Waals surface area contributed by atoms with Crippen LogP contribution in [-0.4, -0.2) is 5.97 Å². The molecule has 0 aromatic heterocycles. The van der Waals surface area contributed by atoms with E-state index in [1.807, 2.05) is 54.6 Å². The first kappa shape index (κ1) is 19.6. The zero-order valence-corrected chi connectivity index (χ0v) is 17.8. The van der Waals surface area contributed by atoms with Gasteiger partial charge in [-0.1, -0.05) is 80.6 Å². The number of esters is 1. The number of rotatable bonds is 6. The largest absolute Gasteiger partial charge is 0.461 e. The van der Waals surface area contributed by atoms with Crippen molar-refractivity contribution in [2.75, 3.05) is 0 Å². The van der Waals surface area contributed by atoms with Crippen LogP contribution in [0.3, 0.4) is 0 Å². The highest BCUT2D eigenvalue weighted by Gasteiger charge is 2.65. The molecule has 0 bridgehead atoms. The number of fused-ring (bicyclic) bond motifs is 1. The van der Waals surface area contributed by atoms with Crippen LogP contribution in [-0.2, 0) is 16.1 Å². The highest BCUT2D eigenvalue weighted by Crippen LogP contribution is 2.65. The average Bonchev–Trinajstić information content (AvgIpc) is 3.13. The van der Waals surface area contributed by atoms with Crippen LogP contribution >= 0.6 is 0 Å². The Balaban J connectivity index is 1.23. The van der Waals surface area contributed by atoms with Gasteiger partial charge in [-0.25, -0.2) is 0 Å². The number of carbonyl (C=O) groups excluding carboxylic acids is 1. The molecule has 31 heavy (non-hydrogen) atoms. The van der Waals surface area contributed by atoms with Gasteiger partial charge >= 0.3 is 5.97 Å². The van der Waals surface area contributed by atoms with E-state index in [0.29, 0.717) is 0 Å². The van der Waals surface area contributed by atoms with E-state index in [-0.39, 0.29) is 35.7 Å². The van der Waals surface area contributed by atoms with Crippen molar-refractivity contribution in [2.45, 2.75) is 26.4 Å². The van der Waals surface area contributed by atoms with Gasteiger partial charge in [0.15, 0.2) is 0 Å². The van der Waals surface area contributed by atoms with Crippen molar-refractivity contribution in [3.63, 3.8) is 0 Å². The molecule has 3 aromatic carbocycles. The first-order valence-corrected chi connectivity index (χ1v) is 10.8. The van der Waals surface area contributed by atoms with Crippen molar-refractivity contribution in [3.8, 4) is 11.5 Å². The van der Waals surface area contributed by atoms with Gasteiger partial charge in [-0.15, -0.1) is 0 Å². The number of ether oxygens (including phenoxy) is 2. The van der Waals surface area contributed by atoms with Crippen molar-refractivity contribution >= 4 is 12.0 Å². The molecule has 156 valence electrons. The molecular formula is C28H26O3. The Morgan fingerprint density at radius 1 is 0.903 bits per heavy atom. The standard InChI is InChI=1S/C28H26O3/c1-28(2)25(24-16-15-20-10-6-7-14-23(20)24)26(28)27(29)30-18-19-9-8-13-22(17-19)31-21-11-4-3-5-12-21/h3-17,24-26H,18H2,1-2H3. The Hall–Kier alpha value is -3.33. The zero-order chi connectivity index (χ0) is 21.4. The summed E-state index contributed by atoms with van der Waals surface area (Å²) in [5.74, 6) is 1.87. The van der Waals surface area contributed by atoms with Crippen LogP contribution in [0.4, 0.5) is 0 Å². The topological polar surface area (TPSA) is 35.5 Å². The number of carbonyl (C=O) groups is 1. The van der Waals surface area contributed by atoms with Gasteiger partial charge in [0.1, 0.15) is 18.1 Å². The molecule has 2 aliphatic carbocycles. The molecule has 3 nitrogen and oxygen atoms in total. The van der Waals surface area contributed by atoms with Gasteiger partial charge in [0.2, 0.25) is 0 Å². The Kier molecular flexibility index (Phi) is 4.90. The fourth-order valence-electron chi connectivity index (χ4n) is 4.96. The molecule has 3 aromatic rings. The highest BCUT2D eigenvalue weighted by molar-refractivity contribution is 5.79. The average molecular weight is 411 g/mol. The van der Waals surface area contributed by atoms with Gasteiger partial charge in [0, 0.05) is 5.92 Å². The van der Waals surface area contributed by atoms with Crippen LogP contribution in [0.1, 0.15) is 36.5 Å². The van der Waals surface area contributed by atoms with E-state index in [4.69, 9.17) is 9.47 Å². The summed E-state index contributed by atoms with van der Waals surface area (Å²) in [5, 5.41) is 0. The Bertz CT molecular complexity index is 1130.